The summed E-state index contributed by atoms with van der Waals surface area (Å²) in [7, 11) is 0. The van der Waals surface area contributed by atoms with Crippen LogP contribution in [-0.4, -0.2) is 5.11 Å². The van der Waals surface area contributed by atoms with Crippen molar-refractivity contribution >= 4 is 34.2 Å². The van der Waals surface area contributed by atoms with Crippen LogP contribution in [0.15, 0.2) is 48.5 Å². The van der Waals surface area contributed by atoms with Crippen molar-refractivity contribution in [3.63, 3.8) is 0 Å². The van der Waals surface area contributed by atoms with Crippen molar-refractivity contribution in [1.82, 2.24) is 0 Å². The molecule has 1 nitrogen and oxygen atoms in total. The Kier molecular flexibility index (Phi) is 5.67. The second-order valence-electron chi connectivity index (χ2n) is 4.57. The molecule has 0 bridgehead atoms. The lowest BCUT2D eigenvalue weighted by molar-refractivity contribution is 0.164. The normalized spacial score (nSPS) is 12.4. The van der Waals surface area contributed by atoms with Gasteiger partial charge >= 0.3 is 0 Å². The molecule has 0 aliphatic heterocycles. The Morgan fingerprint density at radius 2 is 1.84 bits per heavy atom. The largest absolute Gasteiger partial charge is 0.388 e. The van der Waals surface area contributed by atoms with Gasteiger partial charge in [-0.15, -0.1) is 0 Å². The van der Waals surface area contributed by atoms with E-state index in [1.807, 2.05) is 36.4 Å². The monoisotopic (exact) mass is 386 g/mol. The van der Waals surface area contributed by atoms with Gasteiger partial charge in [-0.1, -0.05) is 48.0 Å². The Bertz CT molecular complexity index is 528. The smallest absolute Gasteiger partial charge is 0.0790 e. The zero-order valence-corrected chi connectivity index (χ0v) is 13.4. The van der Waals surface area contributed by atoms with Gasteiger partial charge < -0.3 is 5.11 Å². The van der Waals surface area contributed by atoms with Crippen LogP contribution in [-0.2, 0) is 6.42 Å². The molecular formula is C16H16ClIO. The van der Waals surface area contributed by atoms with Crippen LogP contribution in [0, 0.1) is 3.57 Å². The minimum atomic E-state index is -0.432. The molecule has 0 saturated carbocycles. The topological polar surface area (TPSA) is 20.2 Å². The summed E-state index contributed by atoms with van der Waals surface area (Å²) in [5.41, 5.74) is 2.22. The second-order valence-corrected chi connectivity index (χ2v) is 6.14. The quantitative estimate of drug-likeness (QED) is 0.717. The third-order valence-corrected chi connectivity index (χ3v) is 4.69. The molecule has 0 aliphatic carbocycles. The van der Waals surface area contributed by atoms with Gasteiger partial charge in [-0.25, -0.2) is 0 Å². The first-order valence-corrected chi connectivity index (χ1v) is 7.79. The molecule has 1 atom stereocenters. The average molecular weight is 387 g/mol. The fourth-order valence-electron chi connectivity index (χ4n) is 2.03. The molecule has 100 valence electrons. The van der Waals surface area contributed by atoms with Crippen LogP contribution < -0.4 is 0 Å². The summed E-state index contributed by atoms with van der Waals surface area (Å²) in [5.74, 6) is 0. The number of aliphatic hydroxyl groups is 1. The molecule has 2 aromatic rings. The van der Waals surface area contributed by atoms with Gasteiger partial charge in [0.2, 0.25) is 0 Å². The first kappa shape index (κ1) is 14.8. The van der Waals surface area contributed by atoms with E-state index < -0.39 is 6.10 Å². The Morgan fingerprint density at radius 1 is 1.11 bits per heavy atom. The predicted octanol–water partition coefficient (Wildman–Crippen LogP) is 5.00. The highest BCUT2D eigenvalue weighted by atomic mass is 127. The Labute approximate surface area is 132 Å². The summed E-state index contributed by atoms with van der Waals surface area (Å²) in [4.78, 5) is 0. The Balaban J connectivity index is 1.87. The molecular weight excluding hydrogens is 371 g/mol. The van der Waals surface area contributed by atoms with Gasteiger partial charge in [0.1, 0.15) is 0 Å². The van der Waals surface area contributed by atoms with Crippen molar-refractivity contribution in [3.8, 4) is 0 Å². The zero-order valence-electron chi connectivity index (χ0n) is 10.5. The minimum absolute atomic E-state index is 0.432. The number of aliphatic hydroxyl groups excluding tert-OH is 1. The summed E-state index contributed by atoms with van der Waals surface area (Å²) in [6.45, 7) is 0. The van der Waals surface area contributed by atoms with Crippen molar-refractivity contribution in [2.24, 2.45) is 0 Å². The van der Waals surface area contributed by atoms with E-state index in [0.29, 0.717) is 5.02 Å². The number of aryl methyl sites for hydroxylation is 1. The van der Waals surface area contributed by atoms with Gasteiger partial charge in [0.15, 0.2) is 0 Å². The molecule has 19 heavy (non-hydrogen) atoms. The molecule has 0 heterocycles. The highest BCUT2D eigenvalue weighted by Crippen LogP contribution is 2.25. The van der Waals surface area contributed by atoms with E-state index in [9.17, 15) is 5.11 Å². The highest BCUT2D eigenvalue weighted by Gasteiger charge is 2.09. The molecule has 0 radical (unpaired) electrons. The van der Waals surface area contributed by atoms with Crippen molar-refractivity contribution < 1.29 is 5.11 Å². The van der Waals surface area contributed by atoms with E-state index in [4.69, 9.17) is 11.6 Å². The molecule has 2 aromatic carbocycles. The number of rotatable bonds is 5. The summed E-state index contributed by atoms with van der Waals surface area (Å²) >= 11 is 8.26. The molecule has 1 N–H and O–H groups in total. The first-order valence-electron chi connectivity index (χ1n) is 6.34. The highest BCUT2D eigenvalue weighted by molar-refractivity contribution is 14.1. The summed E-state index contributed by atoms with van der Waals surface area (Å²) < 4.78 is 1.01. The Hall–Kier alpha value is -0.580. The number of halogens is 2. The van der Waals surface area contributed by atoms with Gasteiger partial charge in [-0.3, -0.25) is 0 Å². The maximum absolute atomic E-state index is 10.2. The molecule has 0 saturated heterocycles. The van der Waals surface area contributed by atoms with E-state index in [2.05, 4.69) is 34.7 Å². The summed E-state index contributed by atoms with van der Waals surface area (Å²) in [6, 6.07) is 16.1. The Morgan fingerprint density at radius 3 is 2.53 bits per heavy atom. The van der Waals surface area contributed by atoms with Gasteiger partial charge in [-0.2, -0.15) is 0 Å². The van der Waals surface area contributed by atoms with Gasteiger partial charge in [0.25, 0.3) is 0 Å². The maximum Gasteiger partial charge on any atom is 0.0790 e. The molecule has 0 aliphatic rings. The molecule has 0 spiro atoms. The summed E-state index contributed by atoms with van der Waals surface area (Å²) in [5, 5.41) is 10.9. The molecule has 1 unspecified atom stereocenters. The lowest BCUT2D eigenvalue weighted by Gasteiger charge is -2.11. The van der Waals surface area contributed by atoms with Crippen molar-refractivity contribution in [3.05, 3.63) is 68.3 Å². The first-order chi connectivity index (χ1) is 9.16. The zero-order chi connectivity index (χ0) is 13.7. The van der Waals surface area contributed by atoms with Crippen LogP contribution in [0.4, 0.5) is 0 Å². The van der Waals surface area contributed by atoms with E-state index in [1.54, 1.807) is 0 Å². The fourth-order valence-corrected chi connectivity index (χ4v) is 2.56. The predicted molar refractivity (Wildman–Crippen MR) is 88.5 cm³/mol. The van der Waals surface area contributed by atoms with Crippen LogP contribution in [0.2, 0.25) is 5.02 Å². The van der Waals surface area contributed by atoms with Crippen molar-refractivity contribution in [2.45, 2.75) is 25.4 Å². The molecule has 0 fully saturated rings. The van der Waals surface area contributed by atoms with Gasteiger partial charge in [-0.05, 0) is 65.1 Å². The molecule has 2 rings (SSSR count). The number of hydrogen-bond donors (Lipinski definition) is 1. The SMILES string of the molecule is OC(CCCc1ccccc1)c1ccc(I)c(Cl)c1. The van der Waals surface area contributed by atoms with E-state index in [-0.39, 0.29) is 0 Å². The minimum Gasteiger partial charge on any atom is -0.388 e. The van der Waals surface area contributed by atoms with Crippen LogP contribution >= 0.6 is 34.2 Å². The third-order valence-electron chi connectivity index (χ3n) is 3.11. The second kappa shape index (κ2) is 7.27. The van der Waals surface area contributed by atoms with Gasteiger partial charge in [0, 0.05) is 3.57 Å². The standard InChI is InChI=1S/C16H16ClIO/c17-14-11-13(9-10-15(14)18)16(19)8-4-7-12-5-2-1-3-6-12/h1-3,5-6,9-11,16,19H,4,7-8H2. The molecule has 0 aromatic heterocycles. The van der Waals surface area contributed by atoms with E-state index in [0.717, 1.165) is 28.4 Å². The van der Waals surface area contributed by atoms with Crippen LogP contribution in [0.5, 0.6) is 0 Å². The number of hydrogen-bond acceptors (Lipinski definition) is 1. The lowest BCUT2D eigenvalue weighted by Crippen LogP contribution is -1.99. The fraction of sp³-hybridized carbons (Fsp3) is 0.250. The van der Waals surface area contributed by atoms with E-state index in [1.165, 1.54) is 5.56 Å². The van der Waals surface area contributed by atoms with Crippen molar-refractivity contribution in [1.29, 1.82) is 0 Å². The maximum atomic E-state index is 10.2. The molecule has 3 heteroatoms. The average Bonchev–Trinajstić information content (AvgIpc) is 2.43. The third kappa shape index (κ3) is 4.48. The number of benzene rings is 2. The lowest BCUT2D eigenvalue weighted by atomic mass is 10.0. The van der Waals surface area contributed by atoms with E-state index >= 15 is 0 Å². The van der Waals surface area contributed by atoms with Crippen LogP contribution in [0.3, 0.4) is 0 Å². The summed E-state index contributed by atoms with van der Waals surface area (Å²) in [6.07, 6.45) is 2.29. The van der Waals surface area contributed by atoms with Crippen LogP contribution in [0.1, 0.15) is 30.1 Å². The van der Waals surface area contributed by atoms with Gasteiger partial charge in [0.05, 0.1) is 11.1 Å². The molecule has 0 amide bonds. The van der Waals surface area contributed by atoms with Crippen LogP contribution in [0.25, 0.3) is 0 Å². The van der Waals surface area contributed by atoms with Crippen molar-refractivity contribution in [2.75, 3.05) is 0 Å².